The fourth-order valence-corrected chi connectivity index (χ4v) is 9.96. The van der Waals surface area contributed by atoms with Gasteiger partial charge < -0.3 is 14.6 Å². The second-order valence-corrected chi connectivity index (χ2v) is 22.9. The van der Waals surface area contributed by atoms with Crippen molar-refractivity contribution in [1.29, 1.82) is 0 Å². The van der Waals surface area contributed by atoms with E-state index in [0.717, 1.165) is 96.3 Å². The molecule has 0 aliphatic rings. The number of allylic oxidation sites excluding steroid dienone is 18. The van der Waals surface area contributed by atoms with Crippen LogP contribution < -0.4 is 0 Å². The van der Waals surface area contributed by atoms with Crippen molar-refractivity contribution in [2.45, 2.75) is 341 Å². The first-order valence-electron chi connectivity index (χ1n) is 34.4. The van der Waals surface area contributed by atoms with Gasteiger partial charge in [-0.25, -0.2) is 0 Å². The van der Waals surface area contributed by atoms with Gasteiger partial charge in [0.05, 0.1) is 6.61 Å². The maximum atomic E-state index is 12.4. The van der Waals surface area contributed by atoms with Crippen LogP contribution in [0, 0.1) is 0 Å². The van der Waals surface area contributed by atoms with Crippen molar-refractivity contribution in [1.82, 2.24) is 0 Å². The maximum absolute atomic E-state index is 12.4. The van der Waals surface area contributed by atoms with E-state index < -0.39 is 6.10 Å². The van der Waals surface area contributed by atoms with Gasteiger partial charge in [0, 0.05) is 12.8 Å². The molecule has 0 fully saturated rings. The lowest BCUT2D eigenvalue weighted by Crippen LogP contribution is -2.28. The Morgan fingerprint density at radius 3 is 0.812 bits per heavy atom. The third-order valence-electron chi connectivity index (χ3n) is 15.1. The van der Waals surface area contributed by atoms with Crippen molar-refractivity contribution in [3.63, 3.8) is 0 Å². The number of esters is 2. The van der Waals surface area contributed by atoms with Crippen LogP contribution in [-0.2, 0) is 19.1 Å². The van der Waals surface area contributed by atoms with Crippen LogP contribution in [0.3, 0.4) is 0 Å². The number of carbonyl (C=O) groups is 2. The zero-order valence-electron chi connectivity index (χ0n) is 52.8. The van der Waals surface area contributed by atoms with Gasteiger partial charge in [-0.3, -0.25) is 9.59 Å². The van der Waals surface area contributed by atoms with Gasteiger partial charge in [0.2, 0.25) is 0 Å². The molecule has 460 valence electrons. The molecular weight excluding hydrogens is 981 g/mol. The quantitative estimate of drug-likeness (QED) is 0.0373. The second kappa shape index (κ2) is 69.8. The summed E-state index contributed by atoms with van der Waals surface area (Å²) in [7, 11) is 0. The van der Waals surface area contributed by atoms with E-state index in [-0.39, 0.29) is 25.2 Å². The molecule has 5 heteroatoms. The Labute approximate surface area is 497 Å². The fraction of sp³-hybridized carbons (Fsp3) is 0.733. The normalized spacial score (nSPS) is 12.9. The smallest absolute Gasteiger partial charge is 0.306 e. The molecule has 0 aromatic carbocycles. The summed E-state index contributed by atoms with van der Waals surface area (Å²) in [6, 6.07) is 0. The SMILES string of the molecule is CC/C=C\C/C=C\C/C=C\C/C=C\C/C=C\C/C=C\C/C=C\C/C=C\C/C=C\CCCCCCCCCCCCCCCC(=O)OC(CO)COC(=O)CCCCCCCCCCCCCCCCCCCCCCCCCCC. The van der Waals surface area contributed by atoms with Gasteiger partial charge in [-0.15, -0.1) is 0 Å². The molecule has 0 radical (unpaired) electrons. The minimum absolute atomic E-state index is 0.0655. The van der Waals surface area contributed by atoms with E-state index in [1.54, 1.807) is 0 Å². The van der Waals surface area contributed by atoms with Crippen LogP contribution in [-0.4, -0.2) is 36.4 Å². The molecule has 5 nitrogen and oxygen atoms in total. The second-order valence-electron chi connectivity index (χ2n) is 22.9. The molecule has 0 amide bonds. The summed E-state index contributed by atoms with van der Waals surface area (Å²) in [5.74, 6) is -0.579. The van der Waals surface area contributed by atoms with Crippen molar-refractivity contribution < 1.29 is 24.2 Å². The molecule has 0 rings (SSSR count). The summed E-state index contributed by atoms with van der Waals surface area (Å²) >= 11 is 0. The number of aliphatic hydroxyl groups is 1. The van der Waals surface area contributed by atoms with Gasteiger partial charge in [0.1, 0.15) is 6.61 Å². The molecule has 0 bridgehead atoms. The van der Waals surface area contributed by atoms with Crippen LogP contribution in [0.4, 0.5) is 0 Å². The minimum atomic E-state index is -0.777. The number of rotatable bonds is 63. The molecule has 0 spiro atoms. The Balaban J connectivity index is 3.49. The predicted octanol–water partition coefficient (Wildman–Crippen LogP) is 24.0. The molecule has 1 N–H and O–H groups in total. The summed E-state index contributed by atoms with van der Waals surface area (Å²) < 4.78 is 10.8. The summed E-state index contributed by atoms with van der Waals surface area (Å²) in [5, 5.41) is 9.70. The van der Waals surface area contributed by atoms with Gasteiger partial charge in [0.15, 0.2) is 6.10 Å². The zero-order valence-corrected chi connectivity index (χ0v) is 52.8. The predicted molar refractivity (Wildman–Crippen MR) is 352 cm³/mol. The zero-order chi connectivity index (χ0) is 57.6. The Kier molecular flexibility index (Phi) is 66.8. The topological polar surface area (TPSA) is 72.8 Å². The van der Waals surface area contributed by atoms with Gasteiger partial charge >= 0.3 is 11.9 Å². The Morgan fingerprint density at radius 2 is 0.537 bits per heavy atom. The van der Waals surface area contributed by atoms with Crippen LogP contribution in [0.5, 0.6) is 0 Å². The fourth-order valence-electron chi connectivity index (χ4n) is 9.96. The van der Waals surface area contributed by atoms with Gasteiger partial charge in [-0.1, -0.05) is 348 Å². The van der Waals surface area contributed by atoms with Crippen LogP contribution >= 0.6 is 0 Å². The number of unbranched alkanes of at least 4 members (excludes halogenated alkanes) is 37. The number of ether oxygens (including phenoxy) is 2. The highest BCUT2D eigenvalue weighted by Crippen LogP contribution is 2.18. The van der Waals surface area contributed by atoms with Crippen LogP contribution in [0.2, 0.25) is 0 Å². The van der Waals surface area contributed by atoms with Gasteiger partial charge in [-0.2, -0.15) is 0 Å². The Morgan fingerprint density at radius 1 is 0.300 bits per heavy atom. The van der Waals surface area contributed by atoms with Crippen LogP contribution in [0.25, 0.3) is 0 Å². The molecule has 1 unspecified atom stereocenters. The molecule has 0 saturated heterocycles. The average molecular weight is 1110 g/mol. The largest absolute Gasteiger partial charge is 0.462 e. The van der Waals surface area contributed by atoms with Gasteiger partial charge in [0.25, 0.3) is 0 Å². The highest BCUT2D eigenvalue weighted by Gasteiger charge is 2.16. The summed E-state index contributed by atoms with van der Waals surface area (Å²) in [5.41, 5.74) is 0. The van der Waals surface area contributed by atoms with Crippen LogP contribution in [0.15, 0.2) is 109 Å². The van der Waals surface area contributed by atoms with Crippen molar-refractivity contribution in [2.75, 3.05) is 13.2 Å². The van der Waals surface area contributed by atoms with Crippen LogP contribution in [0.1, 0.15) is 335 Å². The highest BCUT2D eigenvalue weighted by molar-refractivity contribution is 5.70. The maximum Gasteiger partial charge on any atom is 0.306 e. The molecular formula is C75H130O5. The van der Waals surface area contributed by atoms with E-state index in [9.17, 15) is 14.7 Å². The third kappa shape index (κ3) is 67.1. The third-order valence-corrected chi connectivity index (χ3v) is 15.1. The Bertz CT molecular complexity index is 1540. The lowest BCUT2D eigenvalue weighted by molar-refractivity contribution is -0.161. The first kappa shape index (κ1) is 76.6. The first-order valence-corrected chi connectivity index (χ1v) is 34.4. The molecule has 0 saturated carbocycles. The molecule has 80 heavy (non-hydrogen) atoms. The summed E-state index contributed by atoms with van der Waals surface area (Å²) in [6.45, 7) is 4.07. The molecule has 0 aromatic heterocycles. The number of aliphatic hydroxyl groups excluding tert-OH is 1. The monoisotopic (exact) mass is 1110 g/mol. The first-order chi connectivity index (χ1) is 39.6. The van der Waals surface area contributed by atoms with Crippen molar-refractivity contribution in [3.8, 4) is 0 Å². The van der Waals surface area contributed by atoms with E-state index in [2.05, 4.69) is 123 Å². The highest BCUT2D eigenvalue weighted by atomic mass is 16.6. The molecule has 0 aliphatic heterocycles. The lowest BCUT2D eigenvalue weighted by atomic mass is 10.0. The molecule has 0 aromatic rings. The summed E-state index contributed by atoms with van der Waals surface area (Å²) in [6.07, 6.45) is 101. The van der Waals surface area contributed by atoms with E-state index in [4.69, 9.17) is 9.47 Å². The van der Waals surface area contributed by atoms with E-state index in [0.29, 0.717) is 12.8 Å². The van der Waals surface area contributed by atoms with Crippen molar-refractivity contribution in [2.24, 2.45) is 0 Å². The Hall–Kier alpha value is -3.44. The molecule has 1 atom stereocenters. The molecule has 0 heterocycles. The minimum Gasteiger partial charge on any atom is -0.462 e. The number of hydrogen-bond donors (Lipinski definition) is 1. The van der Waals surface area contributed by atoms with Gasteiger partial charge in [-0.05, 0) is 83.5 Å². The van der Waals surface area contributed by atoms with E-state index in [1.165, 1.54) is 212 Å². The average Bonchev–Trinajstić information content (AvgIpc) is 3.46. The van der Waals surface area contributed by atoms with E-state index >= 15 is 0 Å². The van der Waals surface area contributed by atoms with Crippen molar-refractivity contribution >= 4 is 11.9 Å². The number of hydrogen-bond acceptors (Lipinski definition) is 5. The number of carbonyl (C=O) groups excluding carboxylic acids is 2. The van der Waals surface area contributed by atoms with Crippen molar-refractivity contribution in [3.05, 3.63) is 109 Å². The molecule has 0 aliphatic carbocycles. The van der Waals surface area contributed by atoms with E-state index in [1.807, 2.05) is 0 Å². The standard InChI is InChI=1S/C75H130O5/c1-3-5-7-9-11-13-15-17-19-21-23-25-27-29-30-31-32-33-34-35-36-37-38-39-40-41-42-43-44-46-48-50-52-54-56-58-60-62-64-66-68-70-75(78)80-73(71-76)72-79-74(77)69-67-65-63-61-59-57-55-53-51-49-47-45-28-26-24-22-20-18-16-14-12-10-8-6-4-2/h5,7,11,13,17,19,23,25,29-30,32-33,35-36,38-39,41-42,73,76H,3-4,6,8-10,12,14-16,18,20-22,24,26-28,31,34,37,40,43-72H2,1-2H3/b7-5-,13-11-,19-17-,25-23-,30-29-,33-32-,36-35-,39-38-,42-41-. The lowest BCUT2D eigenvalue weighted by Gasteiger charge is -2.15. The summed E-state index contributed by atoms with van der Waals surface area (Å²) in [4.78, 5) is 24.6.